The SMILES string of the molecule is CCOC(=O)C[C@@H](c1ccc(F)cc1)C1CCN(C(=O)c2ccc(-n3cnnn3)cc2)CC1. The van der Waals surface area contributed by atoms with E-state index in [1.165, 1.54) is 23.1 Å². The van der Waals surface area contributed by atoms with Gasteiger partial charge in [0.1, 0.15) is 12.1 Å². The molecule has 2 heterocycles. The van der Waals surface area contributed by atoms with Gasteiger partial charge >= 0.3 is 5.97 Å². The lowest BCUT2D eigenvalue weighted by atomic mass is 9.78. The van der Waals surface area contributed by atoms with E-state index in [4.69, 9.17) is 4.74 Å². The van der Waals surface area contributed by atoms with E-state index in [2.05, 4.69) is 15.5 Å². The van der Waals surface area contributed by atoms with Crippen molar-refractivity contribution >= 4 is 11.9 Å². The second-order valence-electron chi connectivity index (χ2n) is 8.10. The number of hydrogen-bond donors (Lipinski definition) is 0. The maximum Gasteiger partial charge on any atom is 0.306 e. The molecule has 1 saturated heterocycles. The molecule has 4 rings (SSSR count). The highest BCUT2D eigenvalue weighted by Crippen LogP contribution is 2.36. The van der Waals surface area contributed by atoms with E-state index in [1.807, 2.05) is 4.90 Å². The normalized spacial score (nSPS) is 15.3. The summed E-state index contributed by atoms with van der Waals surface area (Å²) < 4.78 is 20.1. The number of likely N-dealkylation sites (tertiary alicyclic amines) is 1. The van der Waals surface area contributed by atoms with Gasteiger partial charge in [0.15, 0.2) is 0 Å². The molecule has 0 spiro atoms. The van der Waals surface area contributed by atoms with E-state index in [0.29, 0.717) is 25.3 Å². The Labute approximate surface area is 191 Å². The first-order valence-corrected chi connectivity index (χ1v) is 11.1. The summed E-state index contributed by atoms with van der Waals surface area (Å²) in [6, 6.07) is 13.5. The van der Waals surface area contributed by atoms with Crippen molar-refractivity contribution in [1.82, 2.24) is 25.1 Å². The first-order chi connectivity index (χ1) is 16.0. The van der Waals surface area contributed by atoms with Crippen LogP contribution in [0.3, 0.4) is 0 Å². The number of tetrazole rings is 1. The molecule has 0 N–H and O–H groups in total. The van der Waals surface area contributed by atoms with Crippen LogP contribution in [-0.4, -0.2) is 56.7 Å². The van der Waals surface area contributed by atoms with Gasteiger partial charge in [-0.25, -0.2) is 9.07 Å². The largest absolute Gasteiger partial charge is 0.466 e. The molecule has 1 aliphatic rings. The Morgan fingerprint density at radius 2 is 1.79 bits per heavy atom. The average molecular weight is 452 g/mol. The lowest BCUT2D eigenvalue weighted by Crippen LogP contribution is -2.40. The van der Waals surface area contributed by atoms with Crippen molar-refractivity contribution in [3.63, 3.8) is 0 Å². The Bertz CT molecular complexity index is 1060. The van der Waals surface area contributed by atoms with Crippen LogP contribution in [0.2, 0.25) is 0 Å². The molecular weight excluding hydrogens is 425 g/mol. The van der Waals surface area contributed by atoms with E-state index < -0.39 is 0 Å². The van der Waals surface area contributed by atoms with Crippen LogP contribution in [0.4, 0.5) is 4.39 Å². The summed E-state index contributed by atoms with van der Waals surface area (Å²) in [4.78, 5) is 27.1. The second kappa shape index (κ2) is 10.3. The molecule has 0 unspecified atom stereocenters. The minimum absolute atomic E-state index is 0.0274. The van der Waals surface area contributed by atoms with Crippen LogP contribution in [-0.2, 0) is 9.53 Å². The Morgan fingerprint density at radius 3 is 2.39 bits per heavy atom. The predicted molar refractivity (Wildman–Crippen MR) is 118 cm³/mol. The molecule has 1 aromatic heterocycles. The molecule has 9 heteroatoms. The van der Waals surface area contributed by atoms with Gasteiger partial charge in [-0.1, -0.05) is 12.1 Å². The van der Waals surface area contributed by atoms with Crippen molar-refractivity contribution < 1.29 is 18.7 Å². The Kier molecular flexibility index (Phi) is 7.07. The minimum atomic E-state index is -0.305. The van der Waals surface area contributed by atoms with E-state index >= 15 is 0 Å². The van der Waals surface area contributed by atoms with Crippen LogP contribution in [0.1, 0.15) is 48.0 Å². The minimum Gasteiger partial charge on any atom is -0.466 e. The molecule has 3 aromatic rings. The molecule has 0 saturated carbocycles. The first kappa shape index (κ1) is 22.6. The maximum atomic E-state index is 13.4. The summed E-state index contributed by atoms with van der Waals surface area (Å²) in [7, 11) is 0. The molecule has 1 amide bonds. The van der Waals surface area contributed by atoms with Gasteiger partial charge in [0.25, 0.3) is 5.91 Å². The number of aromatic nitrogens is 4. The standard InChI is InChI=1S/C24H26FN5O3/c1-2-33-23(31)15-22(17-3-7-20(25)8-4-17)18-11-13-29(14-12-18)24(32)19-5-9-21(10-6-19)30-16-26-27-28-30/h3-10,16,18,22H,2,11-15H2,1H3/t22-/m0/s1. The van der Waals surface area contributed by atoms with E-state index in [-0.39, 0.29) is 36.0 Å². The van der Waals surface area contributed by atoms with Gasteiger partial charge < -0.3 is 9.64 Å². The van der Waals surface area contributed by atoms with Crippen molar-refractivity contribution in [2.75, 3.05) is 19.7 Å². The molecule has 172 valence electrons. The number of esters is 1. The highest BCUT2D eigenvalue weighted by Gasteiger charge is 2.31. The highest BCUT2D eigenvalue weighted by atomic mass is 19.1. The fourth-order valence-electron chi connectivity index (χ4n) is 4.39. The van der Waals surface area contributed by atoms with Crippen molar-refractivity contribution in [3.05, 3.63) is 71.8 Å². The molecule has 0 radical (unpaired) electrons. The lowest BCUT2D eigenvalue weighted by Gasteiger charge is -2.36. The van der Waals surface area contributed by atoms with E-state index in [0.717, 1.165) is 24.1 Å². The van der Waals surface area contributed by atoms with Gasteiger partial charge in [0.2, 0.25) is 0 Å². The van der Waals surface area contributed by atoms with Crippen LogP contribution >= 0.6 is 0 Å². The van der Waals surface area contributed by atoms with Gasteiger partial charge in [-0.05, 0) is 84.0 Å². The number of benzene rings is 2. The monoisotopic (exact) mass is 451 g/mol. The van der Waals surface area contributed by atoms with Crippen LogP contribution in [0.25, 0.3) is 5.69 Å². The Morgan fingerprint density at radius 1 is 1.09 bits per heavy atom. The third-order valence-electron chi connectivity index (χ3n) is 6.11. The number of carbonyl (C=O) groups is 2. The smallest absolute Gasteiger partial charge is 0.306 e. The zero-order valence-electron chi connectivity index (χ0n) is 18.4. The van der Waals surface area contributed by atoms with E-state index in [1.54, 1.807) is 43.3 Å². The van der Waals surface area contributed by atoms with E-state index in [9.17, 15) is 14.0 Å². The molecule has 2 aromatic carbocycles. The number of ether oxygens (including phenoxy) is 1. The summed E-state index contributed by atoms with van der Waals surface area (Å²) in [5.41, 5.74) is 2.30. The molecule has 0 bridgehead atoms. The Balaban J connectivity index is 1.41. The number of piperidine rings is 1. The molecule has 0 aliphatic carbocycles. The average Bonchev–Trinajstić information content (AvgIpc) is 3.38. The van der Waals surface area contributed by atoms with Gasteiger partial charge in [-0.3, -0.25) is 9.59 Å². The number of carbonyl (C=O) groups excluding carboxylic acids is 2. The zero-order valence-corrected chi connectivity index (χ0v) is 18.4. The van der Waals surface area contributed by atoms with Gasteiger partial charge in [-0.15, -0.1) is 5.10 Å². The molecule has 1 fully saturated rings. The van der Waals surface area contributed by atoms with Crippen molar-refractivity contribution in [2.45, 2.75) is 32.1 Å². The van der Waals surface area contributed by atoms with Gasteiger partial charge in [0.05, 0.1) is 18.7 Å². The molecule has 33 heavy (non-hydrogen) atoms. The number of rotatable bonds is 7. The quantitative estimate of drug-likeness (QED) is 0.512. The molecule has 8 nitrogen and oxygen atoms in total. The number of halogens is 1. The number of nitrogens with zero attached hydrogens (tertiary/aromatic N) is 5. The van der Waals surface area contributed by atoms with Gasteiger partial charge in [-0.2, -0.15) is 0 Å². The highest BCUT2D eigenvalue weighted by molar-refractivity contribution is 5.94. The summed E-state index contributed by atoms with van der Waals surface area (Å²) in [6.45, 7) is 3.30. The van der Waals surface area contributed by atoms with Crippen molar-refractivity contribution in [1.29, 1.82) is 0 Å². The number of amides is 1. The topological polar surface area (TPSA) is 90.2 Å². The third kappa shape index (κ3) is 5.42. The predicted octanol–water partition coefficient (Wildman–Crippen LogP) is 3.39. The summed E-state index contributed by atoms with van der Waals surface area (Å²) in [5.74, 6) is -0.461. The van der Waals surface area contributed by atoms with Crippen LogP contribution in [0.5, 0.6) is 0 Å². The molecular formula is C24H26FN5O3. The summed E-state index contributed by atoms with van der Waals surface area (Å²) in [5, 5.41) is 11.1. The van der Waals surface area contributed by atoms with Crippen LogP contribution in [0.15, 0.2) is 54.9 Å². The fourth-order valence-corrected chi connectivity index (χ4v) is 4.39. The third-order valence-corrected chi connectivity index (χ3v) is 6.11. The van der Waals surface area contributed by atoms with Crippen LogP contribution < -0.4 is 0 Å². The summed E-state index contributed by atoms with van der Waals surface area (Å²) >= 11 is 0. The fraction of sp³-hybridized carbons (Fsp3) is 0.375. The van der Waals surface area contributed by atoms with Crippen LogP contribution in [0, 0.1) is 11.7 Å². The molecule has 1 atom stereocenters. The van der Waals surface area contributed by atoms with Crippen molar-refractivity contribution in [2.24, 2.45) is 5.92 Å². The Hall–Kier alpha value is -3.62. The molecule has 1 aliphatic heterocycles. The second-order valence-corrected chi connectivity index (χ2v) is 8.10. The zero-order chi connectivity index (χ0) is 23.2. The first-order valence-electron chi connectivity index (χ1n) is 11.1. The number of hydrogen-bond acceptors (Lipinski definition) is 6. The summed E-state index contributed by atoms with van der Waals surface area (Å²) in [6.07, 6.45) is 3.26. The van der Waals surface area contributed by atoms with Gasteiger partial charge in [0, 0.05) is 18.7 Å². The maximum absolute atomic E-state index is 13.4. The van der Waals surface area contributed by atoms with Crippen molar-refractivity contribution in [3.8, 4) is 5.69 Å². The lowest BCUT2D eigenvalue weighted by molar-refractivity contribution is -0.144.